The predicted octanol–water partition coefficient (Wildman–Crippen LogP) is 3.21. The Hall–Kier alpha value is -2.37. The molecule has 134 valence electrons. The second-order valence-corrected chi connectivity index (χ2v) is 6.51. The first-order valence-electron chi connectivity index (χ1n) is 7.55. The fourth-order valence-corrected chi connectivity index (χ4v) is 2.75. The lowest BCUT2D eigenvalue weighted by atomic mass is 9.65. The van der Waals surface area contributed by atoms with Gasteiger partial charge in [0, 0.05) is 0 Å². The molecule has 0 aromatic rings. The highest BCUT2D eigenvalue weighted by Crippen LogP contribution is 2.43. The molecule has 3 N–H and O–H groups in total. The van der Waals surface area contributed by atoms with Crippen molar-refractivity contribution in [2.45, 2.75) is 34.1 Å². The molecule has 2 unspecified atom stereocenters. The van der Waals surface area contributed by atoms with Gasteiger partial charge in [0.25, 0.3) is 5.41 Å². The van der Waals surface area contributed by atoms with Gasteiger partial charge in [-0.25, -0.2) is 14.4 Å². The number of rotatable bonds is 10. The standard InChI is InChI=1S/C18H26O6/c1-7-11(4)12(10-17(5,6)9-3)13(8-2)18(14(19)20,15(21)22)16(23)24/h7-9,11-12H,1,3,10H2,2,4-6H3,(H,19,20)(H,21,22)(H,23,24). The Bertz CT molecular complexity index is 534. The van der Waals surface area contributed by atoms with E-state index in [1.165, 1.54) is 13.0 Å². The van der Waals surface area contributed by atoms with Crippen molar-refractivity contribution in [1.29, 1.82) is 0 Å². The topological polar surface area (TPSA) is 112 Å². The predicted molar refractivity (Wildman–Crippen MR) is 90.5 cm³/mol. The van der Waals surface area contributed by atoms with Crippen LogP contribution in [0.1, 0.15) is 34.1 Å². The second kappa shape index (κ2) is 7.95. The van der Waals surface area contributed by atoms with E-state index in [1.807, 2.05) is 13.8 Å². The van der Waals surface area contributed by atoms with E-state index >= 15 is 0 Å². The number of aliphatic carboxylic acids is 3. The van der Waals surface area contributed by atoms with Crippen molar-refractivity contribution in [3.63, 3.8) is 0 Å². The van der Waals surface area contributed by atoms with Crippen LogP contribution in [0.15, 0.2) is 37.0 Å². The summed E-state index contributed by atoms with van der Waals surface area (Å²) >= 11 is 0. The van der Waals surface area contributed by atoms with Gasteiger partial charge >= 0.3 is 17.9 Å². The number of hydrogen-bond acceptors (Lipinski definition) is 3. The van der Waals surface area contributed by atoms with Gasteiger partial charge in [-0.3, -0.25) is 0 Å². The third-order valence-corrected chi connectivity index (χ3v) is 4.41. The molecule has 0 radical (unpaired) electrons. The van der Waals surface area contributed by atoms with E-state index in [2.05, 4.69) is 13.2 Å². The minimum atomic E-state index is -3.03. The zero-order valence-corrected chi connectivity index (χ0v) is 14.6. The molecular formula is C18H26O6. The molecule has 0 amide bonds. The van der Waals surface area contributed by atoms with E-state index in [-0.39, 0.29) is 11.5 Å². The highest BCUT2D eigenvalue weighted by Gasteiger charge is 2.59. The fourth-order valence-electron chi connectivity index (χ4n) is 2.75. The van der Waals surface area contributed by atoms with Gasteiger partial charge in [0.15, 0.2) is 0 Å². The second-order valence-electron chi connectivity index (χ2n) is 6.51. The molecule has 0 aromatic heterocycles. The highest BCUT2D eigenvalue weighted by atomic mass is 16.4. The number of carboxylic acid groups (broad SMARTS) is 3. The molecule has 24 heavy (non-hydrogen) atoms. The molecule has 0 spiro atoms. The lowest BCUT2D eigenvalue weighted by molar-refractivity contribution is -0.172. The van der Waals surface area contributed by atoms with Gasteiger partial charge in [-0.2, -0.15) is 0 Å². The molecular weight excluding hydrogens is 312 g/mol. The summed E-state index contributed by atoms with van der Waals surface area (Å²) in [7, 11) is 0. The molecule has 0 saturated carbocycles. The first-order chi connectivity index (χ1) is 10.9. The first-order valence-corrected chi connectivity index (χ1v) is 7.55. The molecule has 6 heteroatoms. The molecule has 0 rings (SSSR count). The Labute approximate surface area is 142 Å². The minimum absolute atomic E-state index is 0.169. The molecule has 0 heterocycles. The van der Waals surface area contributed by atoms with Crippen molar-refractivity contribution in [2.24, 2.45) is 22.7 Å². The molecule has 0 aromatic carbocycles. The summed E-state index contributed by atoms with van der Waals surface area (Å²) in [6.07, 6.45) is 4.84. The normalized spacial score (nSPS) is 15.2. The van der Waals surface area contributed by atoms with Crippen molar-refractivity contribution in [1.82, 2.24) is 0 Å². The van der Waals surface area contributed by atoms with Crippen LogP contribution in [0, 0.1) is 22.7 Å². The Kier molecular flexibility index (Phi) is 7.16. The highest BCUT2D eigenvalue weighted by molar-refractivity contribution is 6.19. The third kappa shape index (κ3) is 3.93. The van der Waals surface area contributed by atoms with Crippen molar-refractivity contribution < 1.29 is 29.7 Å². The summed E-state index contributed by atoms with van der Waals surface area (Å²) in [4.78, 5) is 35.1. The van der Waals surface area contributed by atoms with E-state index in [4.69, 9.17) is 0 Å². The van der Waals surface area contributed by atoms with Gasteiger partial charge < -0.3 is 15.3 Å². The van der Waals surface area contributed by atoms with Crippen LogP contribution in [0.25, 0.3) is 0 Å². The zero-order valence-electron chi connectivity index (χ0n) is 14.6. The zero-order chi connectivity index (χ0) is 19.3. The van der Waals surface area contributed by atoms with Crippen LogP contribution in [0.4, 0.5) is 0 Å². The van der Waals surface area contributed by atoms with Crippen molar-refractivity contribution in [2.75, 3.05) is 0 Å². The Morgan fingerprint density at radius 3 is 1.71 bits per heavy atom. The summed E-state index contributed by atoms with van der Waals surface area (Å²) in [5.74, 6) is -6.73. The Morgan fingerprint density at radius 1 is 1.04 bits per heavy atom. The lowest BCUT2D eigenvalue weighted by Gasteiger charge is -2.36. The van der Waals surface area contributed by atoms with Gasteiger partial charge in [-0.05, 0) is 36.2 Å². The number of allylic oxidation sites excluding steroid dienone is 3. The molecule has 2 atom stereocenters. The molecule has 6 nitrogen and oxygen atoms in total. The van der Waals surface area contributed by atoms with E-state index in [1.54, 1.807) is 19.1 Å². The fraction of sp³-hybridized carbons (Fsp3) is 0.500. The number of carboxylic acids is 3. The summed E-state index contributed by atoms with van der Waals surface area (Å²) in [5, 5.41) is 28.4. The lowest BCUT2D eigenvalue weighted by Crippen LogP contribution is -2.50. The maximum absolute atomic E-state index is 11.7. The number of hydrogen-bond donors (Lipinski definition) is 3. The molecule has 0 fully saturated rings. The quantitative estimate of drug-likeness (QED) is 0.416. The summed E-state index contributed by atoms with van der Waals surface area (Å²) < 4.78 is 0. The maximum atomic E-state index is 11.7. The van der Waals surface area contributed by atoms with E-state index in [0.717, 1.165) is 0 Å². The Morgan fingerprint density at radius 2 is 1.46 bits per heavy atom. The first kappa shape index (κ1) is 21.6. The van der Waals surface area contributed by atoms with E-state index in [0.29, 0.717) is 6.42 Å². The van der Waals surface area contributed by atoms with Crippen LogP contribution in [0.3, 0.4) is 0 Å². The van der Waals surface area contributed by atoms with Crippen LogP contribution >= 0.6 is 0 Å². The molecule has 0 aliphatic heterocycles. The average molecular weight is 338 g/mol. The van der Waals surface area contributed by atoms with Crippen LogP contribution < -0.4 is 0 Å². The van der Waals surface area contributed by atoms with Crippen molar-refractivity contribution in [3.8, 4) is 0 Å². The van der Waals surface area contributed by atoms with Crippen LogP contribution in [-0.4, -0.2) is 33.2 Å². The SMILES string of the molecule is C=CC(C)C(CC(C)(C)C=C)C(=CC)C(C(=O)O)(C(=O)O)C(=O)O. The third-order valence-electron chi connectivity index (χ3n) is 4.41. The average Bonchev–Trinajstić information content (AvgIpc) is 2.48. The molecule has 0 aliphatic rings. The summed E-state index contributed by atoms with van der Waals surface area (Å²) in [6.45, 7) is 14.3. The minimum Gasteiger partial charge on any atom is -0.480 e. The Balaban J connectivity index is 6.53. The van der Waals surface area contributed by atoms with Crippen molar-refractivity contribution >= 4 is 17.9 Å². The van der Waals surface area contributed by atoms with Gasteiger partial charge in [0.2, 0.25) is 0 Å². The summed E-state index contributed by atoms with van der Waals surface area (Å²) in [5.41, 5.74) is -3.65. The smallest absolute Gasteiger partial charge is 0.337 e. The van der Waals surface area contributed by atoms with Gasteiger partial charge in [-0.15, -0.1) is 13.2 Å². The van der Waals surface area contributed by atoms with E-state index < -0.39 is 34.7 Å². The van der Waals surface area contributed by atoms with E-state index in [9.17, 15) is 29.7 Å². The maximum Gasteiger partial charge on any atom is 0.337 e. The largest absolute Gasteiger partial charge is 0.480 e. The van der Waals surface area contributed by atoms with Crippen LogP contribution in [-0.2, 0) is 14.4 Å². The molecule has 0 saturated heterocycles. The monoisotopic (exact) mass is 338 g/mol. The molecule has 0 aliphatic carbocycles. The van der Waals surface area contributed by atoms with Gasteiger partial charge in [0.05, 0.1) is 0 Å². The van der Waals surface area contributed by atoms with Crippen LogP contribution in [0.2, 0.25) is 0 Å². The van der Waals surface area contributed by atoms with Crippen molar-refractivity contribution in [3.05, 3.63) is 37.0 Å². The van der Waals surface area contributed by atoms with Gasteiger partial charge in [-0.1, -0.05) is 39.0 Å². The number of carbonyl (C=O) groups is 3. The van der Waals surface area contributed by atoms with Crippen LogP contribution in [0.5, 0.6) is 0 Å². The molecule has 0 bridgehead atoms. The van der Waals surface area contributed by atoms with Gasteiger partial charge in [0.1, 0.15) is 0 Å². The summed E-state index contributed by atoms with van der Waals surface area (Å²) in [6, 6.07) is 0.